The van der Waals surface area contributed by atoms with Crippen molar-refractivity contribution in [1.82, 2.24) is 0 Å². The quantitative estimate of drug-likeness (QED) is 0.494. The van der Waals surface area contributed by atoms with Crippen LogP contribution in [0.1, 0.15) is 13.3 Å². The Morgan fingerprint density at radius 1 is 1.64 bits per heavy atom. The zero-order valence-corrected chi connectivity index (χ0v) is 8.94. The molecule has 4 heteroatoms. The van der Waals surface area contributed by atoms with Crippen molar-refractivity contribution in [2.24, 2.45) is 0 Å². The smallest absolute Gasteiger partial charge is 0.0729 e. The zero-order chi connectivity index (χ0) is 9.07. The van der Waals surface area contributed by atoms with Gasteiger partial charge in [-0.15, -0.1) is 11.6 Å². The molecular formula is C7H14ClO2Si-. The number of carbonyl (C=O) groups is 1. The molecule has 2 nitrogen and oxygen atoms in total. The van der Waals surface area contributed by atoms with Crippen molar-refractivity contribution in [2.75, 3.05) is 5.50 Å². The van der Waals surface area contributed by atoms with Gasteiger partial charge >= 0.3 is 0 Å². The molecule has 0 radical (unpaired) electrons. The van der Waals surface area contributed by atoms with Crippen LogP contribution in [0.5, 0.6) is 0 Å². The minimum Gasteiger partial charge on any atom is -0.550 e. The molecule has 0 N–H and O–H groups in total. The Morgan fingerprint density at radius 3 is 2.18 bits per heavy atom. The molecule has 0 aromatic carbocycles. The van der Waals surface area contributed by atoms with Crippen LogP contribution in [0.25, 0.3) is 0 Å². The summed E-state index contributed by atoms with van der Waals surface area (Å²) < 4.78 is 0. The van der Waals surface area contributed by atoms with E-state index in [-0.39, 0.29) is 5.54 Å². The average molecular weight is 194 g/mol. The van der Waals surface area contributed by atoms with Crippen LogP contribution < -0.4 is 5.11 Å². The van der Waals surface area contributed by atoms with Gasteiger partial charge in [-0.3, -0.25) is 0 Å². The number of hydrogen-bond donors (Lipinski definition) is 0. The summed E-state index contributed by atoms with van der Waals surface area (Å²) in [4.78, 5) is 10.6. The second-order valence-corrected chi connectivity index (χ2v) is 9.15. The number of alkyl halides is 1. The predicted molar refractivity (Wildman–Crippen MR) is 47.3 cm³/mol. The van der Waals surface area contributed by atoms with E-state index in [0.717, 1.165) is 0 Å². The molecule has 0 aliphatic rings. The van der Waals surface area contributed by atoms with E-state index in [9.17, 15) is 9.90 Å². The van der Waals surface area contributed by atoms with E-state index in [1.165, 1.54) is 0 Å². The highest BCUT2D eigenvalue weighted by molar-refractivity contribution is 6.86. The Kier molecular flexibility index (Phi) is 4.11. The molecule has 0 saturated heterocycles. The summed E-state index contributed by atoms with van der Waals surface area (Å²) in [5, 5.41) is 10.6. The van der Waals surface area contributed by atoms with Gasteiger partial charge in [0.2, 0.25) is 0 Å². The summed E-state index contributed by atoms with van der Waals surface area (Å²) in [5.74, 6) is -0.940. The maximum atomic E-state index is 10.6. The summed E-state index contributed by atoms with van der Waals surface area (Å²) in [6.07, 6.45) is 0.633. The van der Waals surface area contributed by atoms with Gasteiger partial charge in [0.25, 0.3) is 0 Å². The molecule has 1 unspecified atom stereocenters. The fraction of sp³-hybridized carbons (Fsp3) is 0.857. The maximum absolute atomic E-state index is 10.6. The molecule has 0 aromatic rings. The molecule has 0 aromatic heterocycles. The first-order chi connectivity index (χ1) is 4.95. The molecule has 66 valence electrons. The van der Waals surface area contributed by atoms with E-state index >= 15 is 0 Å². The van der Waals surface area contributed by atoms with Crippen LogP contribution in [0.3, 0.4) is 0 Å². The minimum atomic E-state index is -1.77. The van der Waals surface area contributed by atoms with Crippen LogP contribution in [0.4, 0.5) is 0 Å². The maximum Gasteiger partial charge on any atom is 0.0729 e. The van der Waals surface area contributed by atoms with Crippen molar-refractivity contribution < 1.29 is 9.90 Å². The van der Waals surface area contributed by atoms with Gasteiger partial charge in [0.1, 0.15) is 0 Å². The van der Waals surface area contributed by atoms with Crippen LogP contribution in [-0.4, -0.2) is 19.5 Å². The lowest BCUT2D eigenvalue weighted by molar-refractivity contribution is -0.305. The number of aliphatic carboxylic acids is 1. The highest BCUT2D eigenvalue weighted by atomic mass is 35.5. The molecule has 0 rings (SSSR count). The largest absolute Gasteiger partial charge is 0.550 e. The molecule has 0 fully saturated rings. The van der Waals surface area contributed by atoms with E-state index in [0.29, 0.717) is 11.9 Å². The second kappa shape index (κ2) is 4.12. The third-order valence-corrected chi connectivity index (χ3v) is 7.27. The van der Waals surface area contributed by atoms with Crippen molar-refractivity contribution in [2.45, 2.75) is 32.0 Å². The Hall–Kier alpha value is -0.0231. The second-order valence-electron chi connectivity index (χ2n) is 3.40. The monoisotopic (exact) mass is 193 g/mol. The molecule has 1 atom stereocenters. The summed E-state index contributed by atoms with van der Waals surface area (Å²) in [6.45, 7) is 5.82. The predicted octanol–water partition coefficient (Wildman–Crippen LogP) is 1.00. The molecule has 0 aliphatic carbocycles. The first-order valence-electron chi connectivity index (χ1n) is 3.72. The van der Waals surface area contributed by atoms with Crippen molar-refractivity contribution in [1.29, 1.82) is 0 Å². The third kappa shape index (κ3) is 2.83. The fourth-order valence-corrected chi connectivity index (χ4v) is 3.62. The van der Waals surface area contributed by atoms with Crippen molar-refractivity contribution in [3.8, 4) is 0 Å². The van der Waals surface area contributed by atoms with E-state index in [1.807, 2.05) is 20.0 Å². The lowest BCUT2D eigenvalue weighted by Crippen LogP contribution is -2.44. The highest BCUT2D eigenvalue weighted by Gasteiger charge is 2.30. The van der Waals surface area contributed by atoms with Gasteiger partial charge in [0.05, 0.1) is 8.07 Å². The zero-order valence-electron chi connectivity index (χ0n) is 7.19. The Bertz CT molecular complexity index is 147. The molecule has 0 bridgehead atoms. The van der Waals surface area contributed by atoms with E-state index in [4.69, 9.17) is 11.6 Å². The Morgan fingerprint density at radius 2 is 2.09 bits per heavy atom. The number of hydrogen-bond acceptors (Lipinski definition) is 2. The van der Waals surface area contributed by atoms with Gasteiger partial charge in [0.15, 0.2) is 0 Å². The third-order valence-electron chi connectivity index (χ3n) is 1.98. The van der Waals surface area contributed by atoms with Gasteiger partial charge in [-0.05, 0) is 5.54 Å². The van der Waals surface area contributed by atoms with Gasteiger partial charge < -0.3 is 9.90 Å². The number of rotatable bonds is 4. The normalized spacial score (nSPS) is 14.5. The minimum absolute atomic E-state index is 0.306. The van der Waals surface area contributed by atoms with Gasteiger partial charge in [-0.25, -0.2) is 0 Å². The average Bonchev–Trinajstić information content (AvgIpc) is 1.88. The van der Waals surface area contributed by atoms with Gasteiger partial charge in [-0.1, -0.05) is 26.4 Å². The summed E-state index contributed by atoms with van der Waals surface area (Å²) in [6, 6.07) is 0. The Labute approximate surface area is 73.6 Å². The van der Waals surface area contributed by atoms with E-state index < -0.39 is 14.0 Å². The molecule has 11 heavy (non-hydrogen) atoms. The fourth-order valence-electron chi connectivity index (χ4n) is 1.13. The first-order valence-corrected chi connectivity index (χ1v) is 7.54. The highest BCUT2D eigenvalue weighted by Crippen LogP contribution is 2.25. The molecule has 0 heterocycles. The van der Waals surface area contributed by atoms with Crippen molar-refractivity contribution in [3.05, 3.63) is 0 Å². The van der Waals surface area contributed by atoms with Gasteiger partial charge in [0, 0.05) is 11.5 Å². The SMILES string of the molecule is CCC(C(=O)[O-])[Si](C)(C)CCl. The molecule has 0 spiro atoms. The number of carboxylic acids is 1. The standard InChI is InChI=1S/C7H15ClO2Si/c1-4-6(7(9)10)11(2,3)5-8/h6H,4-5H2,1-3H3,(H,9,10)/p-1. The molecule has 0 aliphatic heterocycles. The van der Waals surface area contributed by atoms with E-state index in [1.54, 1.807) is 0 Å². The number of carbonyl (C=O) groups excluding carboxylic acids is 1. The molecule has 0 saturated carbocycles. The topological polar surface area (TPSA) is 40.1 Å². The van der Waals surface area contributed by atoms with Crippen LogP contribution in [0.15, 0.2) is 0 Å². The lowest BCUT2D eigenvalue weighted by Gasteiger charge is -2.30. The number of halogens is 1. The van der Waals surface area contributed by atoms with Gasteiger partial charge in [-0.2, -0.15) is 0 Å². The molecule has 0 amide bonds. The van der Waals surface area contributed by atoms with Crippen molar-refractivity contribution >= 4 is 25.6 Å². The summed E-state index contributed by atoms with van der Waals surface area (Å²) in [7, 11) is -1.77. The Balaban J connectivity index is 4.36. The van der Waals surface area contributed by atoms with E-state index in [2.05, 4.69) is 0 Å². The summed E-state index contributed by atoms with van der Waals surface area (Å²) >= 11 is 5.68. The first kappa shape index (κ1) is 11.0. The van der Waals surface area contributed by atoms with Crippen molar-refractivity contribution in [3.63, 3.8) is 0 Å². The van der Waals surface area contributed by atoms with Crippen LogP contribution >= 0.6 is 11.6 Å². The lowest BCUT2D eigenvalue weighted by atomic mass is 10.3. The van der Waals surface area contributed by atoms with Crippen LogP contribution in [0.2, 0.25) is 18.6 Å². The summed E-state index contributed by atoms with van der Waals surface area (Å²) in [5.41, 5.74) is 0.180. The molecular weight excluding hydrogens is 180 g/mol. The van der Waals surface area contributed by atoms with Crippen LogP contribution in [0, 0.1) is 0 Å². The number of carboxylic acid groups (broad SMARTS) is 1. The van der Waals surface area contributed by atoms with Crippen LogP contribution in [-0.2, 0) is 4.79 Å².